The fourth-order valence-corrected chi connectivity index (χ4v) is 4.01. The Bertz CT molecular complexity index is 1080. The highest BCUT2D eigenvalue weighted by Crippen LogP contribution is 2.29. The van der Waals surface area contributed by atoms with E-state index in [1.54, 1.807) is 13.2 Å². The van der Waals surface area contributed by atoms with Crippen LogP contribution in [0.25, 0.3) is 0 Å². The lowest BCUT2D eigenvalue weighted by atomic mass is 10.2. The zero-order chi connectivity index (χ0) is 22.3. The van der Waals surface area contributed by atoms with E-state index in [2.05, 4.69) is 44.5 Å². The zero-order valence-electron chi connectivity index (χ0n) is 18.2. The molecule has 8 heteroatoms. The van der Waals surface area contributed by atoms with Crippen LogP contribution in [0.1, 0.15) is 5.56 Å². The Balaban J connectivity index is 1.28. The molecule has 0 spiro atoms. The molecule has 4 rings (SSSR count). The van der Waals surface area contributed by atoms with Crippen molar-refractivity contribution in [2.24, 2.45) is 7.05 Å². The Kier molecular flexibility index (Phi) is 7.29. The van der Waals surface area contributed by atoms with Crippen LogP contribution in [0.3, 0.4) is 0 Å². The standard InChI is InChI=1S/C24H28ClN5O2/c1-28-24(31)23(25)20(17-27-28)26-11-12-29-13-15-30(16-14-29)21-9-5-6-10-22(21)32-18-19-7-3-2-4-8-19/h2-10,17,26H,11-16,18H2,1H3. The molecule has 0 amide bonds. The van der Waals surface area contributed by atoms with Crippen LogP contribution < -0.4 is 20.5 Å². The number of benzene rings is 2. The number of anilines is 2. The number of hydrogen-bond acceptors (Lipinski definition) is 6. The van der Waals surface area contributed by atoms with Gasteiger partial charge < -0.3 is 15.0 Å². The molecule has 3 aromatic rings. The minimum atomic E-state index is -0.293. The van der Waals surface area contributed by atoms with Crippen molar-refractivity contribution in [3.63, 3.8) is 0 Å². The minimum absolute atomic E-state index is 0.180. The first kappa shape index (κ1) is 22.2. The maximum absolute atomic E-state index is 11.9. The highest BCUT2D eigenvalue weighted by atomic mass is 35.5. The SMILES string of the molecule is Cn1ncc(NCCN2CCN(c3ccccc3OCc3ccccc3)CC2)c(Cl)c1=O. The molecule has 1 aliphatic rings. The topological polar surface area (TPSA) is 62.6 Å². The average molecular weight is 454 g/mol. The van der Waals surface area contributed by atoms with Crippen LogP contribution in [0, 0.1) is 0 Å². The van der Waals surface area contributed by atoms with Gasteiger partial charge in [-0.15, -0.1) is 0 Å². The predicted molar refractivity (Wildman–Crippen MR) is 129 cm³/mol. The molecule has 0 bridgehead atoms. The van der Waals surface area contributed by atoms with E-state index >= 15 is 0 Å². The van der Waals surface area contributed by atoms with Gasteiger partial charge in [-0.2, -0.15) is 5.10 Å². The molecule has 168 valence electrons. The second-order valence-corrected chi connectivity index (χ2v) is 8.18. The van der Waals surface area contributed by atoms with Gasteiger partial charge >= 0.3 is 0 Å². The summed E-state index contributed by atoms with van der Waals surface area (Å²) in [7, 11) is 1.59. The average Bonchev–Trinajstić information content (AvgIpc) is 2.84. The molecule has 2 heterocycles. The van der Waals surface area contributed by atoms with Crippen molar-refractivity contribution < 1.29 is 4.74 Å². The zero-order valence-corrected chi connectivity index (χ0v) is 19.0. The van der Waals surface area contributed by atoms with E-state index in [0.29, 0.717) is 18.8 Å². The van der Waals surface area contributed by atoms with Gasteiger partial charge in [0.25, 0.3) is 5.56 Å². The maximum atomic E-state index is 11.9. The summed E-state index contributed by atoms with van der Waals surface area (Å²) in [5.41, 5.74) is 2.58. The van der Waals surface area contributed by atoms with Gasteiger partial charge in [-0.1, -0.05) is 54.1 Å². The first-order chi connectivity index (χ1) is 15.6. The fourth-order valence-electron chi connectivity index (χ4n) is 3.77. The summed E-state index contributed by atoms with van der Waals surface area (Å²) in [4.78, 5) is 16.7. The monoisotopic (exact) mass is 453 g/mol. The molecule has 2 aromatic carbocycles. The summed E-state index contributed by atoms with van der Waals surface area (Å²) in [6.45, 7) is 5.90. The molecule has 0 radical (unpaired) electrons. The first-order valence-electron chi connectivity index (χ1n) is 10.8. The molecule has 0 saturated carbocycles. The van der Waals surface area contributed by atoms with Crippen LogP contribution in [0.4, 0.5) is 11.4 Å². The second kappa shape index (κ2) is 10.5. The van der Waals surface area contributed by atoms with Gasteiger partial charge in [0, 0.05) is 46.3 Å². The smallest absolute Gasteiger partial charge is 0.287 e. The summed E-state index contributed by atoms with van der Waals surface area (Å²) < 4.78 is 7.37. The Morgan fingerprint density at radius 3 is 2.53 bits per heavy atom. The number of aromatic nitrogens is 2. The van der Waals surface area contributed by atoms with Crippen molar-refractivity contribution in [1.82, 2.24) is 14.7 Å². The summed E-state index contributed by atoms with van der Waals surface area (Å²) in [5, 5.41) is 7.43. The molecule has 1 N–H and O–H groups in total. The number of aryl methyl sites for hydroxylation is 1. The van der Waals surface area contributed by atoms with Crippen molar-refractivity contribution in [2.45, 2.75) is 6.61 Å². The van der Waals surface area contributed by atoms with E-state index in [0.717, 1.165) is 49.7 Å². The highest BCUT2D eigenvalue weighted by molar-refractivity contribution is 6.32. The number of hydrogen-bond donors (Lipinski definition) is 1. The molecule has 0 atom stereocenters. The van der Waals surface area contributed by atoms with Gasteiger partial charge in [0.2, 0.25) is 0 Å². The number of nitrogens with zero attached hydrogens (tertiary/aromatic N) is 4. The first-order valence-corrected chi connectivity index (χ1v) is 11.2. The van der Waals surface area contributed by atoms with Crippen LogP contribution in [0.15, 0.2) is 65.6 Å². The normalized spacial score (nSPS) is 14.4. The van der Waals surface area contributed by atoms with Crippen molar-refractivity contribution >= 4 is 23.0 Å². The summed E-state index contributed by atoms with van der Waals surface area (Å²) >= 11 is 6.12. The van der Waals surface area contributed by atoms with Crippen molar-refractivity contribution in [3.05, 3.63) is 81.7 Å². The third-order valence-corrected chi connectivity index (χ3v) is 6.00. The Labute approximate surface area is 193 Å². The molecule has 32 heavy (non-hydrogen) atoms. The van der Waals surface area contributed by atoms with Crippen LogP contribution in [-0.4, -0.2) is 53.9 Å². The second-order valence-electron chi connectivity index (χ2n) is 7.80. The number of nitrogens with one attached hydrogen (secondary N) is 1. The lowest BCUT2D eigenvalue weighted by Gasteiger charge is -2.36. The number of ether oxygens (including phenoxy) is 1. The third-order valence-electron chi connectivity index (χ3n) is 5.64. The van der Waals surface area contributed by atoms with Crippen molar-refractivity contribution in [2.75, 3.05) is 49.5 Å². The molecule has 0 aliphatic carbocycles. The van der Waals surface area contributed by atoms with Gasteiger partial charge in [-0.3, -0.25) is 9.69 Å². The highest BCUT2D eigenvalue weighted by Gasteiger charge is 2.19. The number of piperazine rings is 1. The lowest BCUT2D eigenvalue weighted by molar-refractivity contribution is 0.264. The van der Waals surface area contributed by atoms with E-state index in [-0.39, 0.29) is 10.6 Å². The molecular weight excluding hydrogens is 426 g/mol. The summed E-state index contributed by atoms with van der Waals surface area (Å²) in [6, 6.07) is 18.5. The molecule has 1 aliphatic heterocycles. The summed E-state index contributed by atoms with van der Waals surface area (Å²) in [5.74, 6) is 0.916. The van der Waals surface area contributed by atoms with E-state index in [9.17, 15) is 4.79 Å². The Morgan fingerprint density at radius 1 is 1.03 bits per heavy atom. The van der Waals surface area contributed by atoms with E-state index < -0.39 is 0 Å². The van der Waals surface area contributed by atoms with Crippen LogP contribution in [0.2, 0.25) is 5.02 Å². The molecule has 1 fully saturated rings. The van der Waals surface area contributed by atoms with Gasteiger partial charge in [-0.05, 0) is 17.7 Å². The molecule has 0 unspecified atom stereocenters. The van der Waals surface area contributed by atoms with E-state index in [1.807, 2.05) is 30.3 Å². The maximum Gasteiger partial charge on any atom is 0.287 e. The molecule has 7 nitrogen and oxygen atoms in total. The fraction of sp³-hybridized carbons (Fsp3) is 0.333. The van der Waals surface area contributed by atoms with E-state index in [1.165, 1.54) is 4.68 Å². The molecular formula is C24H28ClN5O2. The molecule has 1 saturated heterocycles. The van der Waals surface area contributed by atoms with Gasteiger partial charge in [0.15, 0.2) is 0 Å². The van der Waals surface area contributed by atoms with Crippen LogP contribution in [-0.2, 0) is 13.7 Å². The molecule has 1 aromatic heterocycles. The van der Waals surface area contributed by atoms with Crippen LogP contribution in [0.5, 0.6) is 5.75 Å². The van der Waals surface area contributed by atoms with Crippen molar-refractivity contribution in [1.29, 1.82) is 0 Å². The number of halogens is 1. The van der Waals surface area contributed by atoms with Gasteiger partial charge in [0.1, 0.15) is 17.4 Å². The quantitative estimate of drug-likeness (QED) is 0.565. The largest absolute Gasteiger partial charge is 0.487 e. The van der Waals surface area contributed by atoms with Gasteiger partial charge in [-0.25, -0.2) is 4.68 Å². The predicted octanol–water partition coefficient (Wildman–Crippen LogP) is 3.25. The number of rotatable bonds is 8. The van der Waals surface area contributed by atoms with E-state index in [4.69, 9.17) is 16.3 Å². The minimum Gasteiger partial charge on any atom is -0.487 e. The van der Waals surface area contributed by atoms with Gasteiger partial charge in [0.05, 0.1) is 17.6 Å². The number of para-hydroxylation sites is 2. The Morgan fingerprint density at radius 2 is 1.75 bits per heavy atom. The van der Waals surface area contributed by atoms with Crippen LogP contribution >= 0.6 is 11.6 Å². The Hall–Kier alpha value is -3.03. The lowest BCUT2D eigenvalue weighted by Crippen LogP contribution is -2.47. The van der Waals surface area contributed by atoms with Crippen molar-refractivity contribution in [3.8, 4) is 5.75 Å². The third kappa shape index (κ3) is 5.41. The summed E-state index contributed by atoms with van der Waals surface area (Å²) in [6.07, 6.45) is 1.59.